The Morgan fingerprint density at radius 3 is 2.29 bits per heavy atom. The second kappa shape index (κ2) is 13.6. The van der Waals surface area contributed by atoms with Gasteiger partial charge < -0.3 is 18.8 Å². The van der Waals surface area contributed by atoms with Gasteiger partial charge in [0.1, 0.15) is 12.3 Å². The van der Waals surface area contributed by atoms with Crippen molar-refractivity contribution in [1.82, 2.24) is 14.4 Å². The van der Waals surface area contributed by atoms with E-state index in [1.165, 1.54) is 18.4 Å². The fourth-order valence-corrected chi connectivity index (χ4v) is 4.12. The minimum absolute atomic E-state index is 0.0439. The Hall–Kier alpha value is -3.28. The van der Waals surface area contributed by atoms with Crippen LogP contribution in [-0.4, -0.2) is 39.3 Å². The molecule has 2 aromatic heterocycles. The van der Waals surface area contributed by atoms with E-state index in [0.717, 1.165) is 37.1 Å². The molecule has 188 valence electrons. The minimum atomic E-state index is -0.0942. The van der Waals surface area contributed by atoms with Crippen LogP contribution in [0.1, 0.15) is 73.3 Å². The number of carbonyl (C=O) groups is 2. The first-order valence-electron chi connectivity index (χ1n) is 12.8. The van der Waals surface area contributed by atoms with Gasteiger partial charge in [0, 0.05) is 31.0 Å². The predicted molar refractivity (Wildman–Crippen MR) is 139 cm³/mol. The number of aryl methyl sites for hydroxylation is 2. The van der Waals surface area contributed by atoms with E-state index in [9.17, 15) is 9.59 Å². The van der Waals surface area contributed by atoms with E-state index in [2.05, 4.69) is 13.8 Å². The van der Waals surface area contributed by atoms with Crippen molar-refractivity contribution in [3.63, 3.8) is 0 Å². The van der Waals surface area contributed by atoms with Crippen LogP contribution in [0.5, 0.6) is 0 Å². The molecule has 0 aliphatic carbocycles. The molecule has 0 aliphatic heterocycles. The number of rotatable bonds is 14. The summed E-state index contributed by atoms with van der Waals surface area (Å²) < 4.78 is 7.52. The molecule has 0 spiro atoms. The number of amides is 2. The quantitative estimate of drug-likeness (QED) is 0.275. The van der Waals surface area contributed by atoms with Crippen LogP contribution in [0, 0.1) is 0 Å². The molecule has 6 heteroatoms. The first-order chi connectivity index (χ1) is 17.0. The van der Waals surface area contributed by atoms with Crippen LogP contribution in [0.2, 0.25) is 0 Å². The van der Waals surface area contributed by atoms with Gasteiger partial charge in [0.25, 0.3) is 5.91 Å². The van der Waals surface area contributed by atoms with Crippen LogP contribution in [0.3, 0.4) is 0 Å². The highest BCUT2D eigenvalue weighted by Gasteiger charge is 2.23. The van der Waals surface area contributed by atoms with Gasteiger partial charge in [0.15, 0.2) is 0 Å². The molecule has 6 nitrogen and oxygen atoms in total. The predicted octanol–water partition coefficient (Wildman–Crippen LogP) is 5.82. The Morgan fingerprint density at radius 2 is 1.66 bits per heavy atom. The van der Waals surface area contributed by atoms with Crippen molar-refractivity contribution in [2.75, 3.05) is 13.1 Å². The largest absolute Gasteiger partial charge is 0.467 e. The summed E-state index contributed by atoms with van der Waals surface area (Å²) in [6, 6.07) is 15.5. The molecule has 0 unspecified atom stereocenters. The van der Waals surface area contributed by atoms with Crippen LogP contribution in [-0.2, 0) is 31.4 Å². The summed E-state index contributed by atoms with van der Waals surface area (Å²) >= 11 is 0. The van der Waals surface area contributed by atoms with Gasteiger partial charge in [-0.2, -0.15) is 0 Å². The molecular formula is C29H39N3O3. The van der Waals surface area contributed by atoms with Gasteiger partial charge in [-0.3, -0.25) is 9.59 Å². The summed E-state index contributed by atoms with van der Waals surface area (Å²) in [5.41, 5.74) is 2.90. The molecule has 0 N–H and O–H groups in total. The molecular weight excluding hydrogens is 438 g/mol. The van der Waals surface area contributed by atoms with Crippen molar-refractivity contribution in [1.29, 1.82) is 0 Å². The van der Waals surface area contributed by atoms with Crippen molar-refractivity contribution >= 4 is 11.8 Å². The lowest BCUT2D eigenvalue weighted by Crippen LogP contribution is -2.43. The molecule has 2 amide bonds. The van der Waals surface area contributed by atoms with E-state index < -0.39 is 0 Å². The molecule has 3 aromatic rings. The van der Waals surface area contributed by atoms with Crippen molar-refractivity contribution in [3.8, 4) is 0 Å². The highest BCUT2D eigenvalue weighted by atomic mass is 16.3. The van der Waals surface area contributed by atoms with Crippen LogP contribution in [0.4, 0.5) is 0 Å². The molecule has 0 aliphatic rings. The molecule has 35 heavy (non-hydrogen) atoms. The van der Waals surface area contributed by atoms with Crippen LogP contribution >= 0.6 is 0 Å². The third-order valence-electron chi connectivity index (χ3n) is 6.35. The number of hydrogen-bond donors (Lipinski definition) is 0. The lowest BCUT2D eigenvalue weighted by molar-refractivity contribution is -0.133. The Labute approximate surface area is 209 Å². The Morgan fingerprint density at radius 1 is 0.886 bits per heavy atom. The third kappa shape index (κ3) is 7.88. The number of benzene rings is 1. The first-order valence-corrected chi connectivity index (χ1v) is 12.8. The Kier molecular flexibility index (Phi) is 10.2. The zero-order valence-electron chi connectivity index (χ0n) is 21.4. The van der Waals surface area contributed by atoms with Gasteiger partial charge >= 0.3 is 0 Å². The summed E-state index contributed by atoms with van der Waals surface area (Å²) in [5.74, 6) is 0.532. The van der Waals surface area contributed by atoms with E-state index >= 15 is 0 Å². The van der Waals surface area contributed by atoms with Crippen LogP contribution in [0.15, 0.2) is 65.4 Å². The number of carbonyl (C=O) groups excluding carboxylic acids is 2. The van der Waals surface area contributed by atoms with E-state index in [-0.39, 0.29) is 18.4 Å². The van der Waals surface area contributed by atoms with Gasteiger partial charge in [-0.25, -0.2) is 0 Å². The fraction of sp³-hybridized carbons (Fsp3) is 0.448. The van der Waals surface area contributed by atoms with E-state index in [1.807, 2.05) is 66.3 Å². The summed E-state index contributed by atoms with van der Waals surface area (Å²) in [6.45, 7) is 5.70. The van der Waals surface area contributed by atoms with Crippen molar-refractivity contribution < 1.29 is 14.0 Å². The number of aromatic nitrogens is 1. The fourth-order valence-electron chi connectivity index (χ4n) is 4.12. The Bertz CT molecular complexity index is 1040. The van der Waals surface area contributed by atoms with Gasteiger partial charge in [0.2, 0.25) is 5.91 Å². The molecule has 0 bridgehead atoms. The lowest BCUT2D eigenvalue weighted by atomic mass is 10.0. The van der Waals surface area contributed by atoms with Crippen LogP contribution < -0.4 is 0 Å². The monoisotopic (exact) mass is 477 g/mol. The van der Waals surface area contributed by atoms with Gasteiger partial charge in [-0.1, -0.05) is 45.2 Å². The molecule has 0 saturated carbocycles. The number of furan rings is 1. The van der Waals surface area contributed by atoms with Crippen molar-refractivity contribution in [3.05, 3.63) is 83.6 Å². The highest BCUT2D eigenvalue weighted by Crippen LogP contribution is 2.15. The van der Waals surface area contributed by atoms with Crippen LogP contribution in [0.25, 0.3) is 0 Å². The number of nitrogens with zero attached hydrogens (tertiary/aromatic N) is 3. The molecule has 1 aromatic carbocycles. The summed E-state index contributed by atoms with van der Waals surface area (Å²) in [5, 5.41) is 0. The summed E-state index contributed by atoms with van der Waals surface area (Å²) in [4.78, 5) is 30.4. The molecule has 0 saturated heterocycles. The summed E-state index contributed by atoms with van der Waals surface area (Å²) in [7, 11) is 1.97. The van der Waals surface area contributed by atoms with E-state index in [1.54, 1.807) is 16.1 Å². The highest BCUT2D eigenvalue weighted by molar-refractivity contribution is 5.96. The molecule has 2 heterocycles. The zero-order chi connectivity index (χ0) is 25.0. The van der Waals surface area contributed by atoms with Gasteiger partial charge in [0.05, 0.1) is 19.4 Å². The molecule has 0 atom stereocenters. The maximum Gasteiger partial charge on any atom is 0.254 e. The molecule has 0 radical (unpaired) electrons. The smallest absolute Gasteiger partial charge is 0.254 e. The number of hydrogen-bond acceptors (Lipinski definition) is 3. The summed E-state index contributed by atoms with van der Waals surface area (Å²) in [6.07, 6.45) is 9.98. The van der Waals surface area contributed by atoms with Crippen molar-refractivity contribution in [2.24, 2.45) is 7.05 Å². The van der Waals surface area contributed by atoms with Gasteiger partial charge in [-0.15, -0.1) is 0 Å². The van der Waals surface area contributed by atoms with E-state index in [4.69, 9.17) is 4.42 Å². The second-order valence-corrected chi connectivity index (χ2v) is 9.17. The normalized spacial score (nSPS) is 10.9. The second-order valence-electron chi connectivity index (χ2n) is 9.17. The zero-order valence-corrected chi connectivity index (χ0v) is 21.4. The minimum Gasteiger partial charge on any atom is -0.467 e. The maximum absolute atomic E-state index is 13.5. The number of unbranched alkanes of at least 4 members (excludes halogenated alkanes) is 3. The molecule has 0 fully saturated rings. The maximum atomic E-state index is 13.5. The average molecular weight is 478 g/mol. The average Bonchev–Trinajstić information content (AvgIpc) is 3.53. The van der Waals surface area contributed by atoms with Gasteiger partial charge in [-0.05, 0) is 61.2 Å². The SMILES string of the molecule is CCCCCc1ccc(C(=O)N(CCCC)CC(=O)N(Cc2ccco2)Cc2cccn2C)cc1. The third-order valence-corrected chi connectivity index (χ3v) is 6.35. The lowest BCUT2D eigenvalue weighted by Gasteiger charge is -2.27. The topological polar surface area (TPSA) is 58.7 Å². The van der Waals surface area contributed by atoms with E-state index in [0.29, 0.717) is 25.2 Å². The first kappa shape index (κ1) is 26.3. The standard InChI is InChI=1S/C29H39N3O3/c1-4-6-8-11-24-14-16-25(17-15-24)29(34)31(19-7-5-2)23-28(33)32(22-27-13-10-20-35-27)21-26-12-9-18-30(26)3/h9-10,12-18,20H,4-8,11,19,21-23H2,1-3H3. The Balaban J connectivity index is 1.73. The molecule has 3 rings (SSSR count). The van der Waals surface area contributed by atoms with Crippen molar-refractivity contribution in [2.45, 2.75) is 65.5 Å².